The van der Waals surface area contributed by atoms with Gasteiger partial charge in [-0.05, 0) is 26.7 Å². The van der Waals surface area contributed by atoms with Crippen molar-refractivity contribution in [2.45, 2.75) is 51.6 Å². The number of carboxylic acid groups (broad SMARTS) is 1. The van der Waals surface area contributed by atoms with Gasteiger partial charge in [-0.3, -0.25) is 24.3 Å². The lowest BCUT2D eigenvalue weighted by Crippen LogP contribution is -2.46. The Hall–Kier alpha value is -3.53. The van der Waals surface area contributed by atoms with E-state index in [-0.39, 0.29) is 30.7 Å². The van der Waals surface area contributed by atoms with Crippen LogP contribution in [0.5, 0.6) is 0 Å². The van der Waals surface area contributed by atoms with Crippen molar-refractivity contribution in [1.82, 2.24) is 20.4 Å². The van der Waals surface area contributed by atoms with Crippen LogP contribution in [0, 0.1) is 0 Å². The molecule has 4 N–H and O–H groups in total. The first-order valence-corrected chi connectivity index (χ1v) is 10.7. The van der Waals surface area contributed by atoms with E-state index in [1.165, 1.54) is 0 Å². The monoisotopic (exact) mass is 458 g/mol. The van der Waals surface area contributed by atoms with E-state index in [0.29, 0.717) is 50.0 Å². The molecule has 0 unspecified atom stereocenters. The van der Waals surface area contributed by atoms with Crippen molar-refractivity contribution >= 4 is 24.1 Å². The van der Waals surface area contributed by atoms with Gasteiger partial charge in [-0.25, -0.2) is 0 Å². The highest BCUT2D eigenvalue weighted by atomic mass is 16.3. The first-order chi connectivity index (χ1) is 15.7. The molecule has 2 heterocycles. The summed E-state index contributed by atoms with van der Waals surface area (Å²) in [5.41, 5.74) is 1.80. The van der Waals surface area contributed by atoms with Gasteiger partial charge < -0.3 is 20.4 Å². The summed E-state index contributed by atoms with van der Waals surface area (Å²) in [5, 5.41) is 26.0. The number of Topliss-reactive ketones (excluding diaryl/α,β-unsaturated/α-hetero) is 1. The number of fused-ring (bicyclic) bond motifs is 1. The van der Waals surface area contributed by atoms with Crippen molar-refractivity contribution in [3.8, 4) is 0 Å². The molecule has 33 heavy (non-hydrogen) atoms. The molecule has 0 saturated carbocycles. The van der Waals surface area contributed by atoms with E-state index in [2.05, 4.69) is 15.5 Å². The Kier molecular flexibility index (Phi) is 9.29. The number of aromatic amines is 1. The van der Waals surface area contributed by atoms with Gasteiger partial charge in [-0.2, -0.15) is 5.10 Å². The molecule has 0 spiro atoms. The van der Waals surface area contributed by atoms with Gasteiger partial charge in [0.25, 0.3) is 12.4 Å². The topological polar surface area (TPSA) is 153 Å². The van der Waals surface area contributed by atoms with Gasteiger partial charge in [-0.1, -0.05) is 30.3 Å². The summed E-state index contributed by atoms with van der Waals surface area (Å²) in [5.74, 6) is -0.311. The number of benzene rings is 1. The fourth-order valence-corrected chi connectivity index (χ4v) is 3.45. The Morgan fingerprint density at radius 1 is 1.21 bits per heavy atom. The number of nitrogens with one attached hydrogen (secondary N) is 2. The number of aliphatic hydroxyl groups is 1. The molecule has 10 heteroatoms. The highest BCUT2D eigenvalue weighted by molar-refractivity contribution is 5.96. The molecular formula is C23H30N4O6. The number of ketones is 1. The zero-order valence-corrected chi connectivity index (χ0v) is 18.8. The van der Waals surface area contributed by atoms with Crippen molar-refractivity contribution < 1.29 is 29.4 Å². The standard InChI is InChI=1S/C22H28N4O4.CH2O2/c1-22(2,14-27)23-21(30)20-16-11-12-26(13-17(16)24-25-20)19(29)10-6-9-18(28)15-7-4-3-5-8-15;2-1-3/h3-5,7-8,27H,6,9-14H2,1-2H3,(H,23,30)(H,24,25);1H,(H,2,3). The molecule has 2 aromatic rings. The van der Waals surface area contributed by atoms with Crippen molar-refractivity contribution in [1.29, 1.82) is 0 Å². The summed E-state index contributed by atoms with van der Waals surface area (Å²) in [7, 11) is 0. The molecule has 10 nitrogen and oxygen atoms in total. The minimum absolute atomic E-state index is 0.0106. The van der Waals surface area contributed by atoms with Crippen LogP contribution in [-0.2, 0) is 22.6 Å². The largest absolute Gasteiger partial charge is 0.483 e. The van der Waals surface area contributed by atoms with Gasteiger partial charge in [0.05, 0.1) is 24.4 Å². The minimum Gasteiger partial charge on any atom is -0.483 e. The summed E-state index contributed by atoms with van der Waals surface area (Å²) in [6.45, 7) is 3.90. The predicted molar refractivity (Wildman–Crippen MR) is 120 cm³/mol. The quantitative estimate of drug-likeness (QED) is 0.346. The van der Waals surface area contributed by atoms with E-state index in [0.717, 1.165) is 11.3 Å². The summed E-state index contributed by atoms with van der Waals surface area (Å²) >= 11 is 0. The number of nitrogens with zero attached hydrogens (tertiary/aromatic N) is 2. The van der Waals surface area contributed by atoms with Crippen LogP contribution in [-0.4, -0.2) is 68.1 Å². The summed E-state index contributed by atoms with van der Waals surface area (Å²) < 4.78 is 0. The van der Waals surface area contributed by atoms with Crippen molar-refractivity contribution in [3.05, 3.63) is 52.8 Å². The number of hydrogen-bond acceptors (Lipinski definition) is 6. The Bertz CT molecular complexity index is 971. The van der Waals surface area contributed by atoms with Crippen LogP contribution in [0.1, 0.15) is 65.2 Å². The number of rotatable bonds is 8. The van der Waals surface area contributed by atoms with Crippen LogP contribution >= 0.6 is 0 Å². The summed E-state index contributed by atoms with van der Waals surface area (Å²) in [6.07, 6.45) is 1.68. The SMILES string of the molecule is CC(C)(CO)NC(=O)c1n[nH]c2c1CCN(C(=O)CCCC(=O)c1ccccc1)C2.O=CO. The van der Waals surface area contributed by atoms with E-state index >= 15 is 0 Å². The first-order valence-electron chi connectivity index (χ1n) is 10.7. The van der Waals surface area contributed by atoms with Crippen LogP contribution in [0.25, 0.3) is 0 Å². The Balaban J connectivity index is 0.00000122. The van der Waals surface area contributed by atoms with Gasteiger partial charge in [0.2, 0.25) is 5.91 Å². The second-order valence-electron chi connectivity index (χ2n) is 8.34. The van der Waals surface area contributed by atoms with Gasteiger partial charge in [0.1, 0.15) is 0 Å². The number of amides is 2. The lowest BCUT2D eigenvalue weighted by molar-refractivity contribution is -0.132. The molecule has 2 amide bonds. The second kappa shape index (κ2) is 11.9. The van der Waals surface area contributed by atoms with Crippen molar-refractivity contribution in [2.75, 3.05) is 13.2 Å². The molecular weight excluding hydrogens is 428 g/mol. The van der Waals surface area contributed by atoms with E-state index in [1.807, 2.05) is 18.2 Å². The lowest BCUT2D eigenvalue weighted by atomic mass is 10.0. The molecule has 0 saturated heterocycles. The first kappa shape index (κ1) is 25.7. The molecule has 1 aromatic carbocycles. The number of carbonyl (C=O) groups excluding carboxylic acids is 3. The molecule has 0 fully saturated rings. The third-order valence-electron chi connectivity index (χ3n) is 5.24. The van der Waals surface area contributed by atoms with E-state index < -0.39 is 5.54 Å². The molecule has 0 aliphatic carbocycles. The number of carbonyl (C=O) groups is 4. The van der Waals surface area contributed by atoms with E-state index in [4.69, 9.17) is 9.90 Å². The van der Waals surface area contributed by atoms with Crippen molar-refractivity contribution in [3.63, 3.8) is 0 Å². The fourth-order valence-electron chi connectivity index (χ4n) is 3.45. The van der Waals surface area contributed by atoms with Gasteiger partial charge >= 0.3 is 0 Å². The zero-order chi connectivity index (χ0) is 24.4. The van der Waals surface area contributed by atoms with Crippen molar-refractivity contribution in [2.24, 2.45) is 0 Å². The van der Waals surface area contributed by atoms with Crippen LogP contribution in [0.3, 0.4) is 0 Å². The third kappa shape index (κ3) is 7.25. The zero-order valence-electron chi connectivity index (χ0n) is 18.8. The normalized spacial score (nSPS) is 12.8. The van der Waals surface area contributed by atoms with Gasteiger partial charge in [0.15, 0.2) is 11.5 Å². The Morgan fingerprint density at radius 2 is 1.88 bits per heavy atom. The highest BCUT2D eigenvalue weighted by Gasteiger charge is 2.29. The lowest BCUT2D eigenvalue weighted by Gasteiger charge is -2.27. The molecule has 1 aliphatic heterocycles. The van der Waals surface area contributed by atoms with Crippen LogP contribution in [0.4, 0.5) is 0 Å². The number of hydrogen-bond donors (Lipinski definition) is 4. The van der Waals surface area contributed by atoms with Gasteiger partial charge in [-0.15, -0.1) is 0 Å². The number of H-pyrrole nitrogens is 1. The molecule has 0 radical (unpaired) electrons. The molecule has 178 valence electrons. The Morgan fingerprint density at radius 3 is 2.52 bits per heavy atom. The average Bonchev–Trinajstić information content (AvgIpc) is 3.23. The summed E-state index contributed by atoms with van der Waals surface area (Å²) in [6, 6.07) is 9.08. The molecule has 0 atom stereocenters. The fraction of sp³-hybridized carbons (Fsp3) is 0.435. The highest BCUT2D eigenvalue weighted by Crippen LogP contribution is 2.22. The molecule has 1 aromatic heterocycles. The maximum atomic E-state index is 12.6. The number of aliphatic hydroxyl groups excluding tert-OH is 1. The van der Waals surface area contributed by atoms with Crippen LogP contribution in [0.2, 0.25) is 0 Å². The second-order valence-corrected chi connectivity index (χ2v) is 8.34. The Labute approximate surface area is 192 Å². The van der Waals surface area contributed by atoms with Crippen LogP contribution < -0.4 is 5.32 Å². The van der Waals surface area contributed by atoms with Crippen LogP contribution in [0.15, 0.2) is 30.3 Å². The average molecular weight is 459 g/mol. The number of aromatic nitrogens is 2. The maximum absolute atomic E-state index is 12.6. The van der Waals surface area contributed by atoms with E-state index in [9.17, 15) is 19.5 Å². The third-order valence-corrected chi connectivity index (χ3v) is 5.24. The molecule has 0 bridgehead atoms. The molecule has 3 rings (SSSR count). The predicted octanol–water partition coefficient (Wildman–Crippen LogP) is 1.55. The summed E-state index contributed by atoms with van der Waals surface area (Å²) in [4.78, 5) is 47.3. The van der Waals surface area contributed by atoms with E-state index in [1.54, 1.807) is 30.9 Å². The van der Waals surface area contributed by atoms with Gasteiger partial charge in [0, 0.05) is 30.5 Å². The molecule has 1 aliphatic rings. The minimum atomic E-state index is -0.739. The maximum Gasteiger partial charge on any atom is 0.290 e. The smallest absolute Gasteiger partial charge is 0.290 e.